The van der Waals surface area contributed by atoms with E-state index in [2.05, 4.69) is 34.7 Å². The molecule has 3 unspecified atom stereocenters. The Labute approximate surface area is 124 Å². The summed E-state index contributed by atoms with van der Waals surface area (Å²) in [5, 5.41) is 10.3. The molecule has 0 bridgehead atoms. The first-order chi connectivity index (χ1) is 9.11. The lowest BCUT2D eigenvalue weighted by atomic mass is 10.1. The summed E-state index contributed by atoms with van der Waals surface area (Å²) in [5.41, 5.74) is 1.01. The van der Waals surface area contributed by atoms with Crippen molar-refractivity contribution in [2.45, 2.75) is 57.7 Å². The van der Waals surface area contributed by atoms with Crippen molar-refractivity contribution in [3.8, 4) is 0 Å². The summed E-state index contributed by atoms with van der Waals surface area (Å²) in [5.74, 6) is 0. The Morgan fingerprint density at radius 1 is 1.42 bits per heavy atom. The van der Waals surface area contributed by atoms with Crippen molar-refractivity contribution in [2.75, 3.05) is 6.54 Å². The summed E-state index contributed by atoms with van der Waals surface area (Å²) in [6.45, 7) is 5.56. The minimum Gasteiger partial charge on any atom is -0.388 e. The number of halogens is 1. The van der Waals surface area contributed by atoms with Crippen molar-refractivity contribution in [3.05, 3.63) is 34.3 Å². The molecular formula is C16H24BrNO. The highest BCUT2D eigenvalue weighted by Gasteiger charge is 2.29. The monoisotopic (exact) mass is 325 g/mol. The second-order valence-corrected chi connectivity index (χ2v) is 6.50. The number of nitrogens with zero attached hydrogens (tertiary/aromatic N) is 1. The third kappa shape index (κ3) is 3.80. The van der Waals surface area contributed by atoms with Crippen LogP contribution in [0, 0.1) is 0 Å². The Bertz CT molecular complexity index is 409. The number of hydrogen-bond acceptors (Lipinski definition) is 2. The smallest absolute Gasteiger partial charge is 0.0802 e. The van der Waals surface area contributed by atoms with Gasteiger partial charge in [0.25, 0.3) is 0 Å². The van der Waals surface area contributed by atoms with E-state index < -0.39 is 0 Å². The van der Waals surface area contributed by atoms with Gasteiger partial charge in [-0.3, -0.25) is 4.90 Å². The van der Waals surface area contributed by atoms with E-state index in [9.17, 15) is 5.11 Å². The predicted molar refractivity (Wildman–Crippen MR) is 83.2 cm³/mol. The highest BCUT2D eigenvalue weighted by Crippen LogP contribution is 2.28. The Morgan fingerprint density at radius 3 is 2.89 bits per heavy atom. The first-order valence-corrected chi connectivity index (χ1v) is 8.10. The van der Waals surface area contributed by atoms with Gasteiger partial charge in [0.1, 0.15) is 0 Å². The van der Waals surface area contributed by atoms with Crippen LogP contribution in [-0.4, -0.2) is 28.6 Å². The lowest BCUT2D eigenvalue weighted by Gasteiger charge is -2.28. The van der Waals surface area contributed by atoms with Crippen LogP contribution in [0.15, 0.2) is 28.7 Å². The maximum Gasteiger partial charge on any atom is 0.0802 e. The fraction of sp³-hybridized carbons (Fsp3) is 0.625. The minimum absolute atomic E-state index is 0.359. The number of hydrogen-bond donors (Lipinski definition) is 1. The van der Waals surface area contributed by atoms with E-state index in [-0.39, 0.29) is 6.10 Å². The van der Waals surface area contributed by atoms with Crippen molar-refractivity contribution in [1.82, 2.24) is 4.90 Å². The Kier molecular flexibility index (Phi) is 5.43. The maximum atomic E-state index is 10.3. The summed E-state index contributed by atoms with van der Waals surface area (Å²) in [7, 11) is 0. The standard InChI is InChI=1S/C16H24BrNO/c1-3-15-8-7-12(2)18(15)10-9-16(19)13-5-4-6-14(17)11-13/h4-6,11-12,15-16,19H,3,7-10H2,1-2H3. The van der Waals surface area contributed by atoms with Crippen LogP contribution < -0.4 is 0 Å². The molecule has 19 heavy (non-hydrogen) atoms. The largest absolute Gasteiger partial charge is 0.388 e. The summed E-state index contributed by atoms with van der Waals surface area (Å²) in [4.78, 5) is 2.57. The van der Waals surface area contributed by atoms with Gasteiger partial charge in [-0.15, -0.1) is 0 Å². The second-order valence-electron chi connectivity index (χ2n) is 5.59. The number of rotatable bonds is 5. The molecule has 0 spiro atoms. The number of benzene rings is 1. The van der Waals surface area contributed by atoms with Gasteiger partial charge >= 0.3 is 0 Å². The van der Waals surface area contributed by atoms with E-state index in [0.717, 1.165) is 23.0 Å². The molecule has 3 atom stereocenters. The van der Waals surface area contributed by atoms with Gasteiger partial charge in [0.15, 0.2) is 0 Å². The highest BCUT2D eigenvalue weighted by atomic mass is 79.9. The van der Waals surface area contributed by atoms with E-state index in [0.29, 0.717) is 12.1 Å². The van der Waals surface area contributed by atoms with E-state index in [1.807, 2.05) is 24.3 Å². The van der Waals surface area contributed by atoms with Gasteiger partial charge in [-0.2, -0.15) is 0 Å². The van der Waals surface area contributed by atoms with Gasteiger partial charge in [-0.1, -0.05) is 35.0 Å². The van der Waals surface area contributed by atoms with E-state index in [4.69, 9.17) is 0 Å². The van der Waals surface area contributed by atoms with Gasteiger partial charge in [0.05, 0.1) is 6.10 Å². The molecular weight excluding hydrogens is 302 g/mol. The van der Waals surface area contributed by atoms with Crippen LogP contribution >= 0.6 is 15.9 Å². The molecule has 1 aliphatic heterocycles. The summed E-state index contributed by atoms with van der Waals surface area (Å²) < 4.78 is 1.03. The normalized spacial score (nSPS) is 25.7. The van der Waals surface area contributed by atoms with Crippen LogP contribution in [0.5, 0.6) is 0 Å². The zero-order valence-corrected chi connectivity index (χ0v) is 13.4. The van der Waals surface area contributed by atoms with Crippen LogP contribution in [-0.2, 0) is 0 Å². The fourth-order valence-corrected chi connectivity index (χ4v) is 3.54. The van der Waals surface area contributed by atoms with Crippen molar-refractivity contribution in [3.63, 3.8) is 0 Å². The van der Waals surface area contributed by atoms with Gasteiger partial charge in [-0.25, -0.2) is 0 Å². The SMILES string of the molecule is CCC1CCC(C)N1CCC(O)c1cccc(Br)c1. The van der Waals surface area contributed by atoms with E-state index in [1.165, 1.54) is 19.3 Å². The lowest BCUT2D eigenvalue weighted by molar-refractivity contribution is 0.122. The molecule has 106 valence electrons. The van der Waals surface area contributed by atoms with Crippen LogP contribution in [0.4, 0.5) is 0 Å². The van der Waals surface area contributed by atoms with Crippen molar-refractivity contribution < 1.29 is 5.11 Å². The fourth-order valence-electron chi connectivity index (χ4n) is 3.12. The molecule has 1 aliphatic rings. The summed E-state index contributed by atoms with van der Waals surface area (Å²) >= 11 is 3.46. The Morgan fingerprint density at radius 2 is 2.21 bits per heavy atom. The van der Waals surface area contributed by atoms with Gasteiger partial charge in [0, 0.05) is 23.1 Å². The number of likely N-dealkylation sites (tertiary alicyclic amines) is 1. The molecule has 1 aromatic rings. The van der Waals surface area contributed by atoms with Gasteiger partial charge in [0.2, 0.25) is 0 Å². The third-order valence-electron chi connectivity index (χ3n) is 4.32. The molecule has 1 fully saturated rings. The third-order valence-corrected chi connectivity index (χ3v) is 4.81. The van der Waals surface area contributed by atoms with Crippen LogP contribution in [0.2, 0.25) is 0 Å². The number of aliphatic hydroxyl groups is 1. The summed E-state index contributed by atoms with van der Waals surface area (Å²) in [6, 6.07) is 9.36. The first kappa shape index (κ1) is 15.0. The van der Waals surface area contributed by atoms with Crippen molar-refractivity contribution in [1.29, 1.82) is 0 Å². The molecule has 3 heteroatoms. The molecule has 0 amide bonds. The zero-order chi connectivity index (χ0) is 13.8. The average Bonchev–Trinajstić information content (AvgIpc) is 2.76. The van der Waals surface area contributed by atoms with Crippen molar-refractivity contribution >= 4 is 15.9 Å². The molecule has 0 aliphatic carbocycles. The summed E-state index contributed by atoms with van der Waals surface area (Å²) in [6.07, 6.45) is 4.29. The average molecular weight is 326 g/mol. The first-order valence-electron chi connectivity index (χ1n) is 7.31. The number of aliphatic hydroxyl groups excluding tert-OH is 1. The predicted octanol–water partition coefficient (Wildman–Crippen LogP) is 4.14. The molecule has 0 aromatic heterocycles. The van der Waals surface area contributed by atoms with Gasteiger partial charge < -0.3 is 5.11 Å². The van der Waals surface area contributed by atoms with E-state index >= 15 is 0 Å². The zero-order valence-electron chi connectivity index (χ0n) is 11.8. The quantitative estimate of drug-likeness (QED) is 0.879. The minimum atomic E-state index is -0.359. The molecule has 1 saturated heterocycles. The van der Waals surface area contributed by atoms with E-state index in [1.54, 1.807) is 0 Å². The molecule has 1 N–H and O–H groups in total. The maximum absolute atomic E-state index is 10.3. The Hall–Kier alpha value is -0.380. The molecule has 0 radical (unpaired) electrons. The lowest BCUT2D eigenvalue weighted by Crippen LogP contribution is -2.35. The molecule has 1 heterocycles. The van der Waals surface area contributed by atoms with Crippen LogP contribution in [0.25, 0.3) is 0 Å². The highest BCUT2D eigenvalue weighted by molar-refractivity contribution is 9.10. The molecule has 0 saturated carbocycles. The molecule has 2 rings (SSSR count). The topological polar surface area (TPSA) is 23.5 Å². The van der Waals surface area contributed by atoms with Gasteiger partial charge in [-0.05, 0) is 50.3 Å². The second kappa shape index (κ2) is 6.87. The Balaban J connectivity index is 1.91. The van der Waals surface area contributed by atoms with Crippen molar-refractivity contribution in [2.24, 2.45) is 0 Å². The molecule has 2 nitrogen and oxygen atoms in total. The van der Waals surface area contributed by atoms with Crippen LogP contribution in [0.1, 0.15) is 51.2 Å². The molecule has 1 aromatic carbocycles. The van der Waals surface area contributed by atoms with Crippen LogP contribution in [0.3, 0.4) is 0 Å².